The van der Waals surface area contributed by atoms with Gasteiger partial charge in [-0.15, -0.1) is 0 Å². The zero-order valence-electron chi connectivity index (χ0n) is 12.1. The summed E-state index contributed by atoms with van der Waals surface area (Å²) in [7, 11) is 0. The molecule has 0 saturated heterocycles. The zero-order chi connectivity index (χ0) is 15.0. The van der Waals surface area contributed by atoms with Gasteiger partial charge in [-0.2, -0.15) is 5.26 Å². The Morgan fingerprint density at radius 2 is 2.24 bits per heavy atom. The number of nitrogens with one attached hydrogen (secondary N) is 1. The Hall–Kier alpha value is -2.09. The van der Waals surface area contributed by atoms with Gasteiger partial charge in [-0.05, 0) is 56.1 Å². The molecule has 3 rings (SSSR count). The van der Waals surface area contributed by atoms with Crippen molar-refractivity contribution in [1.82, 2.24) is 0 Å². The van der Waals surface area contributed by atoms with Gasteiger partial charge in [-0.3, -0.25) is 10.1 Å². The molecule has 4 unspecified atom stereocenters. The van der Waals surface area contributed by atoms with Crippen LogP contribution in [0.4, 0.5) is 11.4 Å². The van der Waals surface area contributed by atoms with E-state index in [0.29, 0.717) is 11.6 Å². The Balaban J connectivity index is 1.82. The molecule has 110 valence electrons. The second-order valence-corrected chi connectivity index (χ2v) is 6.34. The predicted octanol–water partition coefficient (Wildman–Crippen LogP) is 3.70. The highest BCUT2D eigenvalue weighted by atomic mass is 16.6. The molecule has 0 aromatic heterocycles. The molecule has 2 saturated carbocycles. The number of rotatable bonds is 4. The van der Waals surface area contributed by atoms with E-state index in [-0.39, 0.29) is 17.3 Å². The van der Waals surface area contributed by atoms with Crippen molar-refractivity contribution in [1.29, 1.82) is 5.26 Å². The van der Waals surface area contributed by atoms with Gasteiger partial charge in [0.25, 0.3) is 0 Å². The third kappa shape index (κ3) is 2.46. The zero-order valence-corrected chi connectivity index (χ0v) is 12.1. The minimum absolute atomic E-state index is 0.102. The third-order valence-corrected chi connectivity index (χ3v) is 5.16. The van der Waals surface area contributed by atoms with Crippen molar-refractivity contribution < 1.29 is 4.92 Å². The number of hydrogen-bond donors (Lipinski definition) is 1. The van der Waals surface area contributed by atoms with Crippen molar-refractivity contribution in [2.75, 3.05) is 5.32 Å². The maximum Gasteiger partial charge on any atom is 0.309 e. The predicted molar refractivity (Wildman–Crippen MR) is 79.8 cm³/mol. The van der Waals surface area contributed by atoms with Crippen LogP contribution in [0.5, 0.6) is 0 Å². The summed E-state index contributed by atoms with van der Waals surface area (Å²) in [5.74, 6) is 2.20. The van der Waals surface area contributed by atoms with Crippen LogP contribution in [0.15, 0.2) is 18.2 Å². The van der Waals surface area contributed by atoms with E-state index in [1.165, 1.54) is 31.7 Å². The van der Waals surface area contributed by atoms with Gasteiger partial charge in [0.15, 0.2) is 0 Å². The highest BCUT2D eigenvalue weighted by Crippen LogP contribution is 2.50. The first kappa shape index (κ1) is 13.9. The maximum absolute atomic E-state index is 11.2. The topological polar surface area (TPSA) is 79.0 Å². The Morgan fingerprint density at radius 1 is 1.43 bits per heavy atom. The second kappa shape index (κ2) is 5.36. The fourth-order valence-electron chi connectivity index (χ4n) is 4.21. The number of hydrogen-bond acceptors (Lipinski definition) is 4. The molecule has 2 bridgehead atoms. The summed E-state index contributed by atoms with van der Waals surface area (Å²) < 4.78 is 0. The average Bonchev–Trinajstić information content (AvgIpc) is 3.09. The molecule has 0 aliphatic heterocycles. The van der Waals surface area contributed by atoms with Crippen molar-refractivity contribution in [2.24, 2.45) is 17.8 Å². The van der Waals surface area contributed by atoms with Gasteiger partial charge >= 0.3 is 5.69 Å². The van der Waals surface area contributed by atoms with Crippen molar-refractivity contribution >= 4 is 11.4 Å². The summed E-state index contributed by atoms with van der Waals surface area (Å²) in [6, 6.07) is 6.99. The molecule has 1 N–H and O–H groups in total. The number of anilines is 1. The quantitative estimate of drug-likeness (QED) is 0.675. The standard InChI is InChI=1S/C16H19N3O2/c1-10(14-8-11-5-6-12(14)7-11)18-15-4-2-3-13(9-17)16(15)19(20)21/h2-4,10-12,14,18H,5-8H2,1H3. The summed E-state index contributed by atoms with van der Waals surface area (Å²) in [6.45, 7) is 2.11. The van der Waals surface area contributed by atoms with E-state index in [1.807, 2.05) is 6.07 Å². The lowest BCUT2D eigenvalue weighted by Gasteiger charge is -2.29. The molecule has 0 amide bonds. The lowest BCUT2D eigenvalue weighted by molar-refractivity contribution is -0.384. The fraction of sp³-hybridized carbons (Fsp3) is 0.562. The monoisotopic (exact) mass is 285 g/mol. The Morgan fingerprint density at radius 3 is 2.81 bits per heavy atom. The average molecular weight is 285 g/mol. The fourth-order valence-corrected chi connectivity index (χ4v) is 4.21. The molecule has 4 atom stereocenters. The highest BCUT2D eigenvalue weighted by Gasteiger charge is 2.42. The van der Waals surface area contributed by atoms with E-state index in [0.717, 1.165) is 11.8 Å². The van der Waals surface area contributed by atoms with Crippen LogP contribution in [-0.2, 0) is 0 Å². The van der Waals surface area contributed by atoms with Crippen LogP contribution < -0.4 is 5.32 Å². The number of fused-ring (bicyclic) bond motifs is 2. The minimum atomic E-state index is -0.464. The van der Waals surface area contributed by atoms with E-state index >= 15 is 0 Å². The second-order valence-electron chi connectivity index (χ2n) is 6.34. The van der Waals surface area contributed by atoms with Gasteiger partial charge < -0.3 is 5.32 Å². The molecule has 0 radical (unpaired) electrons. The van der Waals surface area contributed by atoms with Crippen LogP contribution >= 0.6 is 0 Å². The van der Waals surface area contributed by atoms with Crippen molar-refractivity contribution in [3.8, 4) is 6.07 Å². The van der Waals surface area contributed by atoms with Gasteiger partial charge in [-0.25, -0.2) is 0 Å². The number of nitro groups is 1. The molecule has 21 heavy (non-hydrogen) atoms. The Kier molecular flexibility index (Phi) is 3.54. The Labute approximate surface area is 124 Å². The minimum Gasteiger partial charge on any atom is -0.377 e. The van der Waals surface area contributed by atoms with Gasteiger partial charge in [0.2, 0.25) is 0 Å². The summed E-state index contributed by atoms with van der Waals surface area (Å²) in [4.78, 5) is 10.8. The van der Waals surface area contributed by atoms with E-state index in [2.05, 4.69) is 12.2 Å². The number of nitrogens with zero attached hydrogens (tertiary/aromatic N) is 2. The number of nitro benzene ring substituents is 1. The van der Waals surface area contributed by atoms with Gasteiger partial charge in [0, 0.05) is 6.04 Å². The first-order valence-electron chi connectivity index (χ1n) is 7.54. The molecule has 2 aliphatic carbocycles. The van der Waals surface area contributed by atoms with Gasteiger partial charge in [0.1, 0.15) is 17.3 Å². The number of para-hydroxylation sites is 1. The molecule has 5 nitrogen and oxygen atoms in total. The lowest BCUT2D eigenvalue weighted by Crippen LogP contribution is -2.30. The van der Waals surface area contributed by atoms with Gasteiger partial charge in [0.05, 0.1) is 4.92 Å². The molecule has 1 aromatic carbocycles. The van der Waals surface area contributed by atoms with Crippen LogP contribution in [0.2, 0.25) is 0 Å². The molecule has 5 heteroatoms. The van der Waals surface area contributed by atoms with Crippen LogP contribution in [-0.4, -0.2) is 11.0 Å². The molecule has 0 spiro atoms. The molecule has 2 fully saturated rings. The van der Waals surface area contributed by atoms with Crippen molar-refractivity contribution in [3.63, 3.8) is 0 Å². The van der Waals surface area contributed by atoms with Crippen LogP contribution in [0.3, 0.4) is 0 Å². The van der Waals surface area contributed by atoms with E-state index in [1.54, 1.807) is 12.1 Å². The maximum atomic E-state index is 11.2. The molecule has 0 heterocycles. The van der Waals surface area contributed by atoms with Gasteiger partial charge in [-0.1, -0.05) is 12.5 Å². The smallest absolute Gasteiger partial charge is 0.309 e. The normalized spacial score (nSPS) is 28.1. The third-order valence-electron chi connectivity index (χ3n) is 5.16. The first-order chi connectivity index (χ1) is 10.1. The van der Waals surface area contributed by atoms with Crippen LogP contribution in [0.1, 0.15) is 38.2 Å². The summed E-state index contributed by atoms with van der Waals surface area (Å²) in [6.07, 6.45) is 5.18. The van der Waals surface area contributed by atoms with Crippen LogP contribution in [0.25, 0.3) is 0 Å². The Bertz CT molecular complexity index is 608. The summed E-state index contributed by atoms with van der Waals surface area (Å²) >= 11 is 0. The lowest BCUT2D eigenvalue weighted by atomic mass is 9.84. The molecular formula is C16H19N3O2. The molecular weight excluding hydrogens is 266 g/mol. The largest absolute Gasteiger partial charge is 0.377 e. The number of benzene rings is 1. The summed E-state index contributed by atoms with van der Waals surface area (Å²) in [5, 5.41) is 23.6. The van der Waals surface area contributed by atoms with E-state index < -0.39 is 4.92 Å². The van der Waals surface area contributed by atoms with E-state index in [4.69, 9.17) is 5.26 Å². The number of nitriles is 1. The molecule has 2 aliphatic rings. The van der Waals surface area contributed by atoms with E-state index in [9.17, 15) is 10.1 Å². The molecule has 1 aromatic rings. The highest BCUT2D eigenvalue weighted by molar-refractivity contribution is 5.68. The van der Waals surface area contributed by atoms with Crippen molar-refractivity contribution in [3.05, 3.63) is 33.9 Å². The SMILES string of the molecule is CC(Nc1cccc(C#N)c1[N+](=O)[O-])C1CC2CCC1C2. The summed E-state index contributed by atoms with van der Waals surface area (Å²) in [5.41, 5.74) is 0.481. The van der Waals surface area contributed by atoms with Crippen molar-refractivity contribution in [2.45, 2.75) is 38.6 Å². The first-order valence-corrected chi connectivity index (χ1v) is 7.54. The van der Waals surface area contributed by atoms with Crippen LogP contribution in [0, 0.1) is 39.2 Å².